The maximum Gasteiger partial charge on any atom is 0.306 e. The molecule has 2 saturated carbocycles. The van der Waals surface area contributed by atoms with Crippen LogP contribution in [0.3, 0.4) is 0 Å². The zero-order valence-corrected chi connectivity index (χ0v) is 17.4. The van der Waals surface area contributed by atoms with Gasteiger partial charge in [-0.25, -0.2) is 0 Å². The van der Waals surface area contributed by atoms with Crippen molar-refractivity contribution >= 4 is 11.8 Å². The Morgan fingerprint density at radius 2 is 1.93 bits per heavy atom. The number of ether oxygens (including phenoxy) is 2. The molecule has 28 heavy (non-hydrogen) atoms. The summed E-state index contributed by atoms with van der Waals surface area (Å²) in [5.74, 6) is 0.970. The van der Waals surface area contributed by atoms with Crippen molar-refractivity contribution in [3.63, 3.8) is 0 Å². The molecule has 4 unspecified atom stereocenters. The molecule has 4 heteroatoms. The van der Waals surface area contributed by atoms with Crippen molar-refractivity contribution < 1.29 is 19.1 Å². The van der Waals surface area contributed by atoms with Gasteiger partial charge < -0.3 is 9.47 Å². The highest BCUT2D eigenvalue weighted by molar-refractivity contribution is 5.92. The number of fused-ring (bicyclic) bond motifs is 6. The fraction of sp³-hybridized carbons (Fsp3) is 0.750. The first kappa shape index (κ1) is 18.6. The van der Waals surface area contributed by atoms with Crippen molar-refractivity contribution in [2.24, 2.45) is 22.7 Å². The molecular formula is C24H32O4. The van der Waals surface area contributed by atoms with E-state index in [-0.39, 0.29) is 33.8 Å². The largest absolute Gasteiger partial charge is 0.458 e. The molecular weight excluding hydrogens is 352 g/mol. The van der Waals surface area contributed by atoms with Gasteiger partial charge in [-0.15, -0.1) is 0 Å². The lowest BCUT2D eigenvalue weighted by atomic mass is 9.45. The van der Waals surface area contributed by atoms with Gasteiger partial charge in [0.25, 0.3) is 0 Å². The first-order valence-electron chi connectivity index (χ1n) is 11.1. The maximum atomic E-state index is 12.1. The van der Waals surface area contributed by atoms with Gasteiger partial charge in [-0.1, -0.05) is 26.0 Å². The molecule has 1 heterocycles. The molecule has 0 aromatic carbocycles. The van der Waals surface area contributed by atoms with Crippen LogP contribution in [0.5, 0.6) is 0 Å². The van der Waals surface area contributed by atoms with Gasteiger partial charge in [-0.3, -0.25) is 9.59 Å². The predicted molar refractivity (Wildman–Crippen MR) is 106 cm³/mol. The molecule has 0 N–H and O–H groups in total. The minimum Gasteiger partial charge on any atom is -0.458 e. The standard InChI is InChI=1S/C24H32O4/c1-4-27-24-14-13-22(3)18(8-11-23(22)12-9-20(26)28-23)19(24)6-5-16-15-17(25)7-10-21(16,24)2/h5-6,15,18-19H,4,7-14H2,1-3H3/t18?,19?,21?,22?,23-,24-/m1/s1. The average molecular weight is 385 g/mol. The molecule has 0 aromatic rings. The summed E-state index contributed by atoms with van der Waals surface area (Å²) < 4.78 is 12.7. The Kier molecular flexibility index (Phi) is 3.86. The van der Waals surface area contributed by atoms with Crippen molar-refractivity contribution in [2.75, 3.05) is 6.61 Å². The molecule has 4 nitrogen and oxygen atoms in total. The quantitative estimate of drug-likeness (QED) is 0.657. The third-order valence-electron chi connectivity index (χ3n) is 9.39. The zero-order chi connectivity index (χ0) is 19.8. The van der Waals surface area contributed by atoms with Gasteiger partial charge in [-0.2, -0.15) is 0 Å². The third kappa shape index (κ3) is 2.05. The fourth-order valence-electron chi connectivity index (χ4n) is 7.80. The Hall–Kier alpha value is -1.42. The van der Waals surface area contributed by atoms with Crippen LogP contribution in [-0.2, 0) is 19.1 Å². The van der Waals surface area contributed by atoms with E-state index < -0.39 is 0 Å². The number of allylic oxidation sites excluding steroid dienone is 2. The molecule has 0 amide bonds. The van der Waals surface area contributed by atoms with Crippen molar-refractivity contribution in [1.29, 1.82) is 0 Å². The highest BCUT2D eigenvalue weighted by Crippen LogP contribution is 2.70. The van der Waals surface area contributed by atoms with Crippen LogP contribution in [0.4, 0.5) is 0 Å². The number of carbonyl (C=O) groups is 2. The number of carbonyl (C=O) groups excluding carboxylic acids is 2. The lowest BCUT2D eigenvalue weighted by Gasteiger charge is -2.63. The van der Waals surface area contributed by atoms with Crippen LogP contribution in [0.15, 0.2) is 23.8 Å². The van der Waals surface area contributed by atoms with E-state index in [1.165, 1.54) is 0 Å². The van der Waals surface area contributed by atoms with Crippen LogP contribution in [0, 0.1) is 22.7 Å². The van der Waals surface area contributed by atoms with E-state index in [4.69, 9.17) is 9.47 Å². The van der Waals surface area contributed by atoms with Gasteiger partial charge in [-0.05, 0) is 63.0 Å². The topological polar surface area (TPSA) is 52.6 Å². The number of ketones is 1. The van der Waals surface area contributed by atoms with Crippen LogP contribution >= 0.6 is 0 Å². The number of hydrogen-bond donors (Lipinski definition) is 0. The third-order valence-corrected chi connectivity index (χ3v) is 9.39. The van der Waals surface area contributed by atoms with E-state index in [1.54, 1.807) is 0 Å². The summed E-state index contributed by atoms with van der Waals surface area (Å²) >= 11 is 0. The zero-order valence-electron chi connectivity index (χ0n) is 17.4. The smallest absolute Gasteiger partial charge is 0.306 e. The highest BCUT2D eigenvalue weighted by Gasteiger charge is 2.71. The second-order valence-electron chi connectivity index (χ2n) is 10.1. The summed E-state index contributed by atoms with van der Waals surface area (Å²) in [5, 5.41) is 0. The number of hydrogen-bond acceptors (Lipinski definition) is 4. The number of rotatable bonds is 2. The van der Waals surface area contributed by atoms with Crippen LogP contribution in [0.25, 0.3) is 0 Å². The predicted octanol–water partition coefficient (Wildman–Crippen LogP) is 4.53. The summed E-state index contributed by atoms with van der Waals surface area (Å²) in [6.45, 7) is 7.46. The molecule has 6 atom stereocenters. The molecule has 0 bridgehead atoms. The normalized spacial score (nSPS) is 49.5. The molecule has 1 spiro atoms. The molecule has 0 aromatic heterocycles. The Bertz CT molecular complexity index is 796. The monoisotopic (exact) mass is 384 g/mol. The summed E-state index contributed by atoms with van der Waals surface area (Å²) in [5.41, 5.74) is 0.496. The summed E-state index contributed by atoms with van der Waals surface area (Å²) in [6, 6.07) is 0. The van der Waals surface area contributed by atoms with Gasteiger partial charge >= 0.3 is 5.97 Å². The van der Waals surface area contributed by atoms with Gasteiger partial charge in [0.1, 0.15) is 5.60 Å². The average Bonchev–Trinajstić information content (AvgIpc) is 3.18. The van der Waals surface area contributed by atoms with Crippen molar-refractivity contribution in [1.82, 2.24) is 0 Å². The molecule has 1 saturated heterocycles. The van der Waals surface area contributed by atoms with Gasteiger partial charge in [0.2, 0.25) is 0 Å². The Labute approximate surface area is 167 Å². The summed E-state index contributed by atoms with van der Waals surface area (Å²) in [6.07, 6.45) is 13.3. The van der Waals surface area contributed by atoms with E-state index in [9.17, 15) is 9.59 Å². The van der Waals surface area contributed by atoms with E-state index in [2.05, 4.69) is 32.9 Å². The van der Waals surface area contributed by atoms with Crippen LogP contribution in [0.1, 0.15) is 72.1 Å². The van der Waals surface area contributed by atoms with E-state index >= 15 is 0 Å². The minimum absolute atomic E-state index is 0.0107. The maximum absolute atomic E-state index is 12.1. The molecule has 0 radical (unpaired) electrons. The van der Waals surface area contributed by atoms with E-state index in [1.807, 2.05) is 6.08 Å². The van der Waals surface area contributed by atoms with Crippen molar-refractivity contribution in [3.05, 3.63) is 23.8 Å². The summed E-state index contributed by atoms with van der Waals surface area (Å²) in [4.78, 5) is 24.2. The molecule has 1 aliphatic heterocycles. The van der Waals surface area contributed by atoms with Crippen molar-refractivity contribution in [2.45, 2.75) is 83.3 Å². The lowest BCUT2D eigenvalue weighted by Crippen LogP contribution is -2.64. The van der Waals surface area contributed by atoms with E-state index in [0.717, 1.165) is 44.1 Å². The molecule has 5 aliphatic rings. The lowest BCUT2D eigenvalue weighted by molar-refractivity contribution is -0.214. The van der Waals surface area contributed by atoms with Gasteiger partial charge in [0.05, 0.1) is 5.60 Å². The summed E-state index contributed by atoms with van der Waals surface area (Å²) in [7, 11) is 0. The first-order chi connectivity index (χ1) is 13.3. The highest BCUT2D eigenvalue weighted by atomic mass is 16.6. The minimum atomic E-state index is -0.277. The van der Waals surface area contributed by atoms with Crippen LogP contribution in [-0.4, -0.2) is 29.6 Å². The van der Waals surface area contributed by atoms with Gasteiger partial charge in [0, 0.05) is 36.2 Å². The molecule has 4 aliphatic carbocycles. The Morgan fingerprint density at radius 1 is 1.11 bits per heavy atom. The molecule has 3 fully saturated rings. The second kappa shape index (κ2) is 5.81. The SMILES string of the molecule is CCO[C@]12CCC3(C)C(CC[C@@]34CCC(=O)O4)C1C=CC1=CC(=O)CCC12C. The second-order valence-corrected chi connectivity index (χ2v) is 10.1. The van der Waals surface area contributed by atoms with Gasteiger partial charge in [0.15, 0.2) is 5.78 Å². The number of esters is 1. The van der Waals surface area contributed by atoms with Crippen LogP contribution in [0.2, 0.25) is 0 Å². The fourth-order valence-corrected chi connectivity index (χ4v) is 7.80. The Morgan fingerprint density at radius 3 is 2.64 bits per heavy atom. The Balaban J connectivity index is 1.61. The van der Waals surface area contributed by atoms with Crippen LogP contribution < -0.4 is 0 Å². The molecule has 5 rings (SSSR count). The van der Waals surface area contributed by atoms with E-state index in [0.29, 0.717) is 31.3 Å². The first-order valence-corrected chi connectivity index (χ1v) is 11.1. The van der Waals surface area contributed by atoms with Crippen molar-refractivity contribution in [3.8, 4) is 0 Å². The molecule has 152 valence electrons.